The lowest BCUT2D eigenvalue weighted by Gasteiger charge is -2.26. The molecule has 3 aliphatic rings. The minimum absolute atomic E-state index is 0.816. The molecule has 0 aromatic heterocycles. The van der Waals surface area contributed by atoms with Crippen molar-refractivity contribution >= 4 is 5.71 Å². The summed E-state index contributed by atoms with van der Waals surface area (Å²) in [6.45, 7) is 2.68. The summed E-state index contributed by atoms with van der Waals surface area (Å²) >= 11 is 0. The lowest BCUT2D eigenvalue weighted by atomic mass is 9.84. The molecule has 0 bridgehead atoms. The molecule has 0 radical (unpaired) electrons. The summed E-state index contributed by atoms with van der Waals surface area (Å²) in [5.74, 6) is 0.816. The van der Waals surface area contributed by atoms with E-state index >= 15 is 0 Å². The number of nitrogens with zero attached hydrogens (tertiary/aromatic N) is 1. The van der Waals surface area contributed by atoms with Gasteiger partial charge in [0.1, 0.15) is 0 Å². The molecule has 17 heavy (non-hydrogen) atoms. The largest absolute Gasteiger partial charge is 0.305 e. The number of allylic oxidation sites excluding steroid dienone is 2. The summed E-state index contributed by atoms with van der Waals surface area (Å²) < 4.78 is 0. The number of nitrogens with one attached hydrogen (secondary N) is 1. The van der Waals surface area contributed by atoms with E-state index in [0.717, 1.165) is 24.1 Å². The van der Waals surface area contributed by atoms with Crippen molar-refractivity contribution in [1.82, 2.24) is 4.90 Å². The first kappa shape index (κ1) is 11.5. The number of rotatable bonds is 1. The maximum Gasteiger partial charge on any atom is 0.0313 e. The molecule has 0 aromatic rings. The molecular weight excluding hydrogens is 208 g/mol. The van der Waals surface area contributed by atoms with E-state index in [4.69, 9.17) is 5.41 Å². The Labute approximate surface area is 105 Å². The highest BCUT2D eigenvalue weighted by Crippen LogP contribution is 2.36. The predicted molar refractivity (Wildman–Crippen MR) is 71.6 cm³/mol. The third-order valence-corrected chi connectivity index (χ3v) is 4.92. The average molecular weight is 232 g/mol. The third-order valence-electron chi connectivity index (χ3n) is 4.92. The topological polar surface area (TPSA) is 27.1 Å². The summed E-state index contributed by atoms with van der Waals surface area (Å²) in [7, 11) is 0. The molecule has 1 heterocycles. The first-order valence-corrected chi connectivity index (χ1v) is 7.35. The van der Waals surface area contributed by atoms with Crippen molar-refractivity contribution in [2.45, 2.75) is 57.4 Å². The quantitative estimate of drug-likeness (QED) is 0.737. The molecule has 1 N–H and O–H groups in total. The van der Waals surface area contributed by atoms with Gasteiger partial charge in [-0.2, -0.15) is 0 Å². The van der Waals surface area contributed by atoms with E-state index in [1.807, 2.05) is 0 Å². The molecule has 2 unspecified atom stereocenters. The van der Waals surface area contributed by atoms with Gasteiger partial charge in [-0.25, -0.2) is 0 Å². The second-order valence-corrected chi connectivity index (χ2v) is 5.99. The van der Waals surface area contributed by atoms with E-state index in [0.29, 0.717) is 0 Å². The molecule has 2 atom stereocenters. The minimum atomic E-state index is 0.816. The highest BCUT2D eigenvalue weighted by Gasteiger charge is 2.29. The van der Waals surface area contributed by atoms with E-state index in [-0.39, 0.29) is 0 Å². The molecule has 2 fully saturated rings. The van der Waals surface area contributed by atoms with E-state index in [2.05, 4.69) is 11.0 Å². The molecule has 0 spiro atoms. The molecule has 0 amide bonds. The SMILES string of the molecule is N=C1C=C2CCC(N3CCCC3)CCC2CC1. The predicted octanol–water partition coefficient (Wildman–Crippen LogP) is 3.38. The Kier molecular flexibility index (Phi) is 3.32. The summed E-state index contributed by atoms with van der Waals surface area (Å²) in [6.07, 6.45) is 12.7. The molecule has 94 valence electrons. The Bertz CT molecular complexity index is 326. The van der Waals surface area contributed by atoms with Gasteiger partial charge in [-0.3, -0.25) is 0 Å². The lowest BCUT2D eigenvalue weighted by Crippen LogP contribution is -2.32. The Morgan fingerprint density at radius 2 is 1.82 bits per heavy atom. The molecule has 2 nitrogen and oxygen atoms in total. The Morgan fingerprint density at radius 1 is 1.00 bits per heavy atom. The van der Waals surface area contributed by atoms with E-state index in [9.17, 15) is 0 Å². The smallest absolute Gasteiger partial charge is 0.0313 e. The van der Waals surface area contributed by atoms with Crippen LogP contribution in [0.1, 0.15) is 51.4 Å². The second-order valence-electron chi connectivity index (χ2n) is 5.99. The number of fused-ring (bicyclic) bond motifs is 1. The number of hydrogen-bond donors (Lipinski definition) is 1. The van der Waals surface area contributed by atoms with Crippen LogP contribution in [0.2, 0.25) is 0 Å². The first-order chi connectivity index (χ1) is 8.33. The normalized spacial score (nSPS) is 35.3. The fourth-order valence-corrected chi connectivity index (χ4v) is 3.88. The standard InChI is InChI=1S/C15H24N2/c16-14-6-3-12-4-7-15(8-5-13(12)11-14)17-9-1-2-10-17/h11-12,15-16H,1-10H2. The fraction of sp³-hybridized carbons (Fsp3) is 0.800. The van der Waals surface area contributed by atoms with Gasteiger partial charge in [0, 0.05) is 11.8 Å². The van der Waals surface area contributed by atoms with Crippen molar-refractivity contribution in [2.24, 2.45) is 5.92 Å². The second kappa shape index (κ2) is 4.93. The van der Waals surface area contributed by atoms with Crippen molar-refractivity contribution in [3.8, 4) is 0 Å². The van der Waals surface area contributed by atoms with Crippen molar-refractivity contribution < 1.29 is 0 Å². The zero-order valence-electron chi connectivity index (χ0n) is 10.8. The maximum atomic E-state index is 7.81. The maximum absolute atomic E-state index is 7.81. The summed E-state index contributed by atoms with van der Waals surface area (Å²) in [5, 5.41) is 7.81. The first-order valence-electron chi connectivity index (χ1n) is 7.35. The average Bonchev–Trinajstić information content (AvgIpc) is 2.77. The molecule has 1 aliphatic heterocycles. The highest BCUT2D eigenvalue weighted by atomic mass is 15.2. The molecule has 1 saturated heterocycles. The lowest BCUT2D eigenvalue weighted by molar-refractivity contribution is 0.219. The van der Waals surface area contributed by atoms with Gasteiger partial charge in [-0.1, -0.05) is 5.57 Å². The minimum Gasteiger partial charge on any atom is -0.305 e. The van der Waals surface area contributed by atoms with Crippen LogP contribution in [-0.2, 0) is 0 Å². The van der Waals surface area contributed by atoms with E-state index in [1.54, 1.807) is 5.57 Å². The summed E-state index contributed by atoms with van der Waals surface area (Å²) in [5.41, 5.74) is 2.47. The Balaban J connectivity index is 1.67. The number of hydrogen-bond acceptors (Lipinski definition) is 2. The zero-order chi connectivity index (χ0) is 11.7. The Hall–Kier alpha value is -0.630. The van der Waals surface area contributed by atoms with Gasteiger partial charge in [-0.05, 0) is 76.5 Å². The van der Waals surface area contributed by atoms with Crippen LogP contribution in [0.5, 0.6) is 0 Å². The molecule has 3 rings (SSSR count). The van der Waals surface area contributed by atoms with Crippen molar-refractivity contribution in [3.63, 3.8) is 0 Å². The molecule has 2 heteroatoms. The van der Waals surface area contributed by atoms with Crippen molar-refractivity contribution in [1.29, 1.82) is 5.41 Å². The highest BCUT2D eigenvalue weighted by molar-refractivity contribution is 5.93. The zero-order valence-corrected chi connectivity index (χ0v) is 10.8. The van der Waals surface area contributed by atoms with Crippen LogP contribution in [0, 0.1) is 11.3 Å². The number of likely N-dealkylation sites (tertiary alicyclic amines) is 1. The summed E-state index contributed by atoms with van der Waals surface area (Å²) in [6, 6.07) is 0.846. The van der Waals surface area contributed by atoms with Gasteiger partial charge >= 0.3 is 0 Å². The van der Waals surface area contributed by atoms with Crippen LogP contribution in [0.3, 0.4) is 0 Å². The molecule has 0 aromatic carbocycles. The van der Waals surface area contributed by atoms with Crippen LogP contribution >= 0.6 is 0 Å². The van der Waals surface area contributed by atoms with Gasteiger partial charge in [-0.15, -0.1) is 0 Å². The third kappa shape index (κ3) is 2.47. The van der Waals surface area contributed by atoms with E-state index < -0.39 is 0 Å². The van der Waals surface area contributed by atoms with Crippen LogP contribution < -0.4 is 0 Å². The van der Waals surface area contributed by atoms with Gasteiger partial charge < -0.3 is 10.3 Å². The van der Waals surface area contributed by atoms with Gasteiger partial charge in [0.25, 0.3) is 0 Å². The molecule has 1 saturated carbocycles. The fourth-order valence-electron chi connectivity index (χ4n) is 3.88. The van der Waals surface area contributed by atoms with Gasteiger partial charge in [0.05, 0.1) is 0 Å². The van der Waals surface area contributed by atoms with E-state index in [1.165, 1.54) is 58.0 Å². The molecule has 2 aliphatic carbocycles. The van der Waals surface area contributed by atoms with Crippen LogP contribution in [0.15, 0.2) is 11.6 Å². The Morgan fingerprint density at radius 3 is 2.65 bits per heavy atom. The van der Waals surface area contributed by atoms with Gasteiger partial charge in [0.2, 0.25) is 0 Å². The van der Waals surface area contributed by atoms with Crippen LogP contribution in [0.4, 0.5) is 0 Å². The molecular formula is C15H24N2. The van der Waals surface area contributed by atoms with Crippen molar-refractivity contribution in [3.05, 3.63) is 11.6 Å². The van der Waals surface area contributed by atoms with Crippen LogP contribution in [-0.4, -0.2) is 29.7 Å². The van der Waals surface area contributed by atoms with Crippen molar-refractivity contribution in [2.75, 3.05) is 13.1 Å². The monoisotopic (exact) mass is 232 g/mol. The summed E-state index contributed by atoms with van der Waals surface area (Å²) in [4.78, 5) is 2.73. The van der Waals surface area contributed by atoms with Crippen LogP contribution in [0.25, 0.3) is 0 Å². The van der Waals surface area contributed by atoms with Gasteiger partial charge in [0.15, 0.2) is 0 Å².